The minimum Gasteiger partial charge on any atom is -0.468 e. The molecule has 5 atom stereocenters. The molecule has 3 amide bonds. The highest BCUT2D eigenvalue weighted by atomic mass is 32.1. The summed E-state index contributed by atoms with van der Waals surface area (Å²) in [5.74, 6) is -2.19. The number of hydrazine groups is 1. The number of methoxy groups -OCH3 is 1. The third-order valence-corrected chi connectivity index (χ3v) is 9.67. The zero-order chi connectivity index (χ0) is 36.1. The number of unbranched alkanes of at least 4 members (excludes halogenated alkanes) is 1. The summed E-state index contributed by atoms with van der Waals surface area (Å²) in [6.45, 7) is 7.69. The molecule has 0 bridgehead atoms. The number of esters is 2. The topological polar surface area (TPSA) is 182 Å². The Morgan fingerprint density at radius 2 is 1.78 bits per heavy atom. The van der Waals surface area contributed by atoms with Crippen LogP contribution in [0, 0.1) is 17.8 Å². The number of amides is 3. The molecule has 1 aliphatic carbocycles. The van der Waals surface area contributed by atoms with Crippen LogP contribution in [0.5, 0.6) is 0 Å². The summed E-state index contributed by atoms with van der Waals surface area (Å²) < 4.78 is 10.6. The molecular formula is C35H52N6O7S. The fourth-order valence-electron chi connectivity index (χ4n) is 5.65. The van der Waals surface area contributed by atoms with Crippen molar-refractivity contribution >= 4 is 41.0 Å². The highest BCUT2D eigenvalue weighted by Crippen LogP contribution is 2.35. The van der Waals surface area contributed by atoms with Gasteiger partial charge in [-0.15, -0.1) is 11.3 Å². The van der Waals surface area contributed by atoms with Crippen LogP contribution >= 0.6 is 11.3 Å². The molecule has 5 N–H and O–H groups in total. The first kappa shape index (κ1) is 39.6. The van der Waals surface area contributed by atoms with E-state index in [-0.39, 0.29) is 54.1 Å². The predicted octanol–water partition coefficient (Wildman–Crippen LogP) is 3.30. The van der Waals surface area contributed by atoms with Gasteiger partial charge in [-0.2, -0.15) is 0 Å². The van der Waals surface area contributed by atoms with Crippen molar-refractivity contribution in [3.8, 4) is 0 Å². The monoisotopic (exact) mass is 700 g/mol. The van der Waals surface area contributed by atoms with Crippen molar-refractivity contribution in [1.29, 1.82) is 0 Å². The van der Waals surface area contributed by atoms with Crippen molar-refractivity contribution in [2.75, 3.05) is 20.7 Å². The van der Waals surface area contributed by atoms with E-state index in [1.54, 1.807) is 17.3 Å². The molecule has 1 heterocycles. The van der Waals surface area contributed by atoms with E-state index in [0.717, 1.165) is 42.6 Å². The summed E-state index contributed by atoms with van der Waals surface area (Å²) in [7, 11) is 2.99. The zero-order valence-corrected chi connectivity index (χ0v) is 30.2. The van der Waals surface area contributed by atoms with E-state index < -0.39 is 36.0 Å². The number of aromatic nitrogens is 1. The van der Waals surface area contributed by atoms with Crippen molar-refractivity contribution in [2.45, 2.75) is 96.9 Å². The Balaban J connectivity index is 1.71. The first-order chi connectivity index (χ1) is 23.4. The standard InChI is InChI=1S/C35H52N6O7S/c1-21(2)28(41(5)34(45)30(25-15-16-25)38-31(43)22(3)12-10-11-17-36)19-29(48-23(4)42)33-37-27(20-49-33)32(44)40-39-26(35(46)47-6)18-24-13-8-7-9-14-24/h7-9,13-14,20-22,25-26,28-30,39H,10-12,15-19,36H2,1-6H3,(H,38,43)(H,40,44)/t22-,26+,28-,29-,30+/m1/s1. The van der Waals surface area contributed by atoms with Gasteiger partial charge >= 0.3 is 11.9 Å². The molecule has 1 fully saturated rings. The normalized spacial score (nSPS) is 15.8. The van der Waals surface area contributed by atoms with Gasteiger partial charge in [0.1, 0.15) is 22.8 Å². The summed E-state index contributed by atoms with van der Waals surface area (Å²) in [5.41, 5.74) is 11.8. The van der Waals surface area contributed by atoms with Gasteiger partial charge in [0.2, 0.25) is 11.8 Å². The van der Waals surface area contributed by atoms with E-state index in [1.807, 2.05) is 51.1 Å². The molecular weight excluding hydrogens is 648 g/mol. The van der Waals surface area contributed by atoms with Gasteiger partial charge in [-0.25, -0.2) is 10.4 Å². The maximum Gasteiger partial charge on any atom is 0.325 e. The lowest BCUT2D eigenvalue weighted by molar-refractivity contribution is -0.149. The molecule has 0 aliphatic heterocycles. The van der Waals surface area contributed by atoms with Crippen LogP contribution in [-0.4, -0.2) is 78.4 Å². The maximum atomic E-state index is 13.9. The van der Waals surface area contributed by atoms with Crippen LogP contribution < -0.4 is 21.9 Å². The molecule has 270 valence electrons. The molecule has 14 heteroatoms. The number of thiazole rings is 1. The molecule has 0 unspecified atom stereocenters. The van der Waals surface area contributed by atoms with Crippen molar-refractivity contribution in [2.24, 2.45) is 23.5 Å². The Morgan fingerprint density at radius 3 is 2.37 bits per heavy atom. The van der Waals surface area contributed by atoms with E-state index in [4.69, 9.17) is 15.2 Å². The number of carbonyl (C=O) groups excluding carboxylic acids is 5. The number of nitrogens with two attached hydrogens (primary N) is 1. The fraction of sp³-hybridized carbons (Fsp3) is 0.600. The molecule has 1 aliphatic rings. The average Bonchev–Trinajstić information content (AvgIpc) is 3.80. The molecule has 1 saturated carbocycles. The van der Waals surface area contributed by atoms with Gasteiger partial charge in [-0.05, 0) is 49.6 Å². The van der Waals surface area contributed by atoms with Crippen LogP contribution in [0.25, 0.3) is 0 Å². The molecule has 0 saturated heterocycles. The lowest BCUT2D eigenvalue weighted by Gasteiger charge is -2.36. The predicted molar refractivity (Wildman–Crippen MR) is 186 cm³/mol. The van der Waals surface area contributed by atoms with Gasteiger partial charge in [0, 0.05) is 44.2 Å². The Labute approximate surface area is 293 Å². The lowest BCUT2D eigenvalue weighted by atomic mass is 9.95. The second-order valence-corrected chi connectivity index (χ2v) is 13.9. The Bertz CT molecular complexity index is 1400. The van der Waals surface area contributed by atoms with Crippen LogP contribution in [0.15, 0.2) is 35.7 Å². The number of likely N-dealkylation sites (N-methyl/N-ethyl adjacent to an activating group) is 1. The average molecular weight is 701 g/mol. The molecule has 3 rings (SSSR count). The number of nitrogens with one attached hydrogen (secondary N) is 3. The Morgan fingerprint density at radius 1 is 1.08 bits per heavy atom. The maximum absolute atomic E-state index is 13.9. The summed E-state index contributed by atoms with van der Waals surface area (Å²) in [6, 6.07) is 7.45. The largest absolute Gasteiger partial charge is 0.468 e. The van der Waals surface area contributed by atoms with Crippen LogP contribution in [0.2, 0.25) is 0 Å². The highest BCUT2D eigenvalue weighted by molar-refractivity contribution is 7.09. The minimum absolute atomic E-state index is 0.0375. The lowest BCUT2D eigenvalue weighted by Crippen LogP contribution is -2.53. The number of benzene rings is 1. The second-order valence-electron chi connectivity index (χ2n) is 13.0. The number of ether oxygens (including phenoxy) is 2. The van der Waals surface area contributed by atoms with Gasteiger partial charge in [-0.1, -0.05) is 57.5 Å². The van der Waals surface area contributed by atoms with Gasteiger partial charge in [0.25, 0.3) is 5.91 Å². The number of nitrogens with zero attached hydrogens (tertiary/aromatic N) is 2. The van der Waals surface area contributed by atoms with Crippen LogP contribution in [0.4, 0.5) is 0 Å². The summed E-state index contributed by atoms with van der Waals surface area (Å²) in [5, 5.41) is 4.95. The second kappa shape index (κ2) is 19.3. The fourth-order valence-corrected chi connectivity index (χ4v) is 6.49. The van der Waals surface area contributed by atoms with Crippen LogP contribution in [0.3, 0.4) is 0 Å². The number of rotatable bonds is 20. The molecule has 0 radical (unpaired) electrons. The van der Waals surface area contributed by atoms with E-state index >= 15 is 0 Å². The SMILES string of the molecule is COC(=O)[C@H](Cc1ccccc1)NNC(=O)c1csc([C@@H](C[C@H](C(C)C)N(C)C(=O)[C@@H](NC(=O)[C@H](C)CCCCN)C2CC2)OC(C)=O)n1. The minimum atomic E-state index is -0.841. The molecule has 1 aromatic heterocycles. The number of hydrogen-bond donors (Lipinski definition) is 4. The van der Waals surface area contributed by atoms with Gasteiger partial charge in [0.15, 0.2) is 6.10 Å². The molecule has 1 aromatic carbocycles. The molecule has 2 aromatic rings. The Hall–Kier alpha value is -3.88. The summed E-state index contributed by atoms with van der Waals surface area (Å²) in [4.78, 5) is 70.7. The Kier molecular flexibility index (Phi) is 15.6. The summed E-state index contributed by atoms with van der Waals surface area (Å²) in [6.07, 6.45) is 3.79. The van der Waals surface area contributed by atoms with Gasteiger partial charge in [-0.3, -0.25) is 29.4 Å². The number of carbonyl (C=O) groups is 5. The van der Waals surface area contributed by atoms with E-state index in [9.17, 15) is 24.0 Å². The van der Waals surface area contributed by atoms with E-state index in [2.05, 4.69) is 21.2 Å². The smallest absolute Gasteiger partial charge is 0.325 e. The van der Waals surface area contributed by atoms with Crippen LogP contribution in [0.1, 0.15) is 93.4 Å². The van der Waals surface area contributed by atoms with Crippen molar-refractivity contribution in [3.63, 3.8) is 0 Å². The third-order valence-electron chi connectivity index (χ3n) is 8.73. The van der Waals surface area contributed by atoms with E-state index in [1.165, 1.54) is 14.0 Å². The van der Waals surface area contributed by atoms with E-state index in [0.29, 0.717) is 18.0 Å². The first-order valence-corrected chi connectivity index (χ1v) is 17.8. The van der Waals surface area contributed by atoms with Gasteiger partial charge in [0.05, 0.1) is 7.11 Å². The molecule has 0 spiro atoms. The first-order valence-electron chi connectivity index (χ1n) is 16.9. The molecule has 13 nitrogen and oxygen atoms in total. The highest BCUT2D eigenvalue weighted by Gasteiger charge is 2.41. The zero-order valence-electron chi connectivity index (χ0n) is 29.4. The number of hydrogen-bond acceptors (Lipinski definition) is 11. The molecule has 49 heavy (non-hydrogen) atoms. The van der Waals surface area contributed by atoms with Gasteiger partial charge < -0.3 is 25.4 Å². The van der Waals surface area contributed by atoms with Crippen LogP contribution in [-0.2, 0) is 35.1 Å². The quantitative estimate of drug-likeness (QED) is 0.0909. The third kappa shape index (κ3) is 12.2. The van der Waals surface area contributed by atoms with Crippen molar-refractivity contribution in [3.05, 3.63) is 52.0 Å². The summed E-state index contributed by atoms with van der Waals surface area (Å²) >= 11 is 1.15. The van der Waals surface area contributed by atoms with Crippen molar-refractivity contribution in [1.82, 2.24) is 26.1 Å². The van der Waals surface area contributed by atoms with Crippen molar-refractivity contribution < 1.29 is 33.4 Å².